The maximum absolute atomic E-state index is 11.6. The van der Waals surface area contributed by atoms with Gasteiger partial charge in [0.1, 0.15) is 5.01 Å². The molecule has 0 radical (unpaired) electrons. The molecule has 0 aromatic carbocycles. The van der Waals surface area contributed by atoms with Crippen LogP contribution in [-0.4, -0.2) is 42.8 Å². The summed E-state index contributed by atoms with van der Waals surface area (Å²) < 4.78 is 4.56. The Kier molecular flexibility index (Phi) is 7.74. The lowest BCUT2D eigenvalue weighted by molar-refractivity contribution is -0.140. The van der Waals surface area contributed by atoms with E-state index in [4.69, 9.17) is 0 Å². The molecule has 7 nitrogen and oxygen atoms in total. The van der Waals surface area contributed by atoms with Crippen LogP contribution in [-0.2, 0) is 20.7 Å². The van der Waals surface area contributed by atoms with E-state index in [1.807, 2.05) is 7.05 Å². The molecule has 0 aliphatic heterocycles. The van der Waals surface area contributed by atoms with E-state index >= 15 is 0 Å². The molecule has 0 aliphatic carbocycles. The highest BCUT2D eigenvalue weighted by Gasteiger charge is 2.08. The first kappa shape index (κ1) is 16.5. The van der Waals surface area contributed by atoms with Gasteiger partial charge in [-0.3, -0.25) is 9.59 Å². The molecule has 112 valence electrons. The Bertz CT molecular complexity index is 436. The molecule has 0 bridgehead atoms. The maximum Gasteiger partial charge on any atom is 0.305 e. The van der Waals surface area contributed by atoms with Crippen LogP contribution in [0.2, 0.25) is 0 Å². The predicted molar refractivity (Wildman–Crippen MR) is 76.7 cm³/mol. The summed E-state index contributed by atoms with van der Waals surface area (Å²) in [7, 11) is 3.22. The average Bonchev–Trinajstić information content (AvgIpc) is 2.86. The number of hydrogen-bond donors (Lipinski definition) is 2. The van der Waals surface area contributed by atoms with E-state index in [2.05, 4.69) is 25.6 Å². The predicted octanol–water partition coefficient (Wildman–Crippen LogP) is 0.972. The van der Waals surface area contributed by atoms with E-state index in [-0.39, 0.29) is 11.9 Å². The second-order valence-corrected chi connectivity index (χ2v) is 5.25. The molecule has 1 aromatic heterocycles. The van der Waals surface area contributed by atoms with E-state index in [1.165, 1.54) is 18.4 Å². The quantitative estimate of drug-likeness (QED) is 0.521. The van der Waals surface area contributed by atoms with Crippen LogP contribution in [0.15, 0.2) is 0 Å². The van der Waals surface area contributed by atoms with Gasteiger partial charge in [-0.15, -0.1) is 10.2 Å². The van der Waals surface area contributed by atoms with Crippen molar-refractivity contribution in [3.8, 4) is 0 Å². The second-order valence-electron chi connectivity index (χ2n) is 4.19. The van der Waals surface area contributed by atoms with Crippen molar-refractivity contribution < 1.29 is 14.3 Å². The first-order chi connectivity index (χ1) is 9.65. The molecule has 0 atom stereocenters. The lowest BCUT2D eigenvalue weighted by Crippen LogP contribution is -2.15. The number of carbonyl (C=O) groups excluding carboxylic acids is 2. The number of anilines is 1. The molecule has 0 unspecified atom stereocenters. The van der Waals surface area contributed by atoms with E-state index < -0.39 is 0 Å². The van der Waals surface area contributed by atoms with Gasteiger partial charge in [0.2, 0.25) is 11.0 Å². The second kappa shape index (κ2) is 9.38. The smallest absolute Gasteiger partial charge is 0.305 e. The Morgan fingerprint density at radius 2 is 2.05 bits per heavy atom. The molecule has 2 N–H and O–H groups in total. The van der Waals surface area contributed by atoms with E-state index in [1.54, 1.807) is 0 Å². The lowest BCUT2D eigenvalue weighted by Gasteiger charge is -2.00. The van der Waals surface area contributed by atoms with Crippen molar-refractivity contribution >= 4 is 28.3 Å². The highest BCUT2D eigenvalue weighted by atomic mass is 32.1. The van der Waals surface area contributed by atoms with Gasteiger partial charge in [-0.1, -0.05) is 11.3 Å². The maximum atomic E-state index is 11.6. The number of ether oxygens (including phenoxy) is 1. The van der Waals surface area contributed by atoms with Crippen molar-refractivity contribution in [1.29, 1.82) is 0 Å². The van der Waals surface area contributed by atoms with Gasteiger partial charge in [-0.25, -0.2) is 0 Å². The molecule has 0 saturated carbocycles. The minimum Gasteiger partial charge on any atom is -0.469 e. The molecule has 0 saturated heterocycles. The van der Waals surface area contributed by atoms with Crippen LogP contribution in [0.3, 0.4) is 0 Å². The monoisotopic (exact) mass is 300 g/mol. The SMILES string of the molecule is CNCCCC(=O)Nc1nnc(CCCC(=O)OC)s1. The summed E-state index contributed by atoms with van der Waals surface area (Å²) in [5, 5.41) is 14.9. The Morgan fingerprint density at radius 1 is 1.25 bits per heavy atom. The molecule has 20 heavy (non-hydrogen) atoms. The highest BCUT2D eigenvalue weighted by Crippen LogP contribution is 2.17. The number of nitrogens with one attached hydrogen (secondary N) is 2. The summed E-state index contributed by atoms with van der Waals surface area (Å²) in [6.07, 6.45) is 2.92. The molecule has 8 heteroatoms. The van der Waals surface area contributed by atoms with Crippen LogP contribution >= 0.6 is 11.3 Å². The fraction of sp³-hybridized carbons (Fsp3) is 0.667. The van der Waals surface area contributed by atoms with Gasteiger partial charge in [-0.2, -0.15) is 0 Å². The van der Waals surface area contributed by atoms with Gasteiger partial charge in [0.15, 0.2) is 0 Å². The van der Waals surface area contributed by atoms with Gasteiger partial charge in [0, 0.05) is 19.3 Å². The molecule has 0 fully saturated rings. The first-order valence-corrected chi connectivity index (χ1v) is 7.31. The average molecular weight is 300 g/mol. The Labute approximate surface area is 122 Å². The molecular formula is C12H20N4O3S. The molecule has 1 aromatic rings. The van der Waals surface area contributed by atoms with Crippen LogP contribution < -0.4 is 10.6 Å². The lowest BCUT2D eigenvalue weighted by atomic mass is 10.2. The molecule has 1 amide bonds. The minimum absolute atomic E-state index is 0.0579. The fourth-order valence-corrected chi connectivity index (χ4v) is 2.30. The highest BCUT2D eigenvalue weighted by molar-refractivity contribution is 7.15. The third-order valence-electron chi connectivity index (χ3n) is 2.54. The summed E-state index contributed by atoms with van der Waals surface area (Å²) in [6, 6.07) is 0. The van der Waals surface area contributed by atoms with Gasteiger partial charge in [-0.05, 0) is 26.4 Å². The van der Waals surface area contributed by atoms with Crippen molar-refractivity contribution in [2.45, 2.75) is 32.1 Å². The van der Waals surface area contributed by atoms with E-state index in [0.717, 1.165) is 18.0 Å². The molecular weight excluding hydrogens is 280 g/mol. The summed E-state index contributed by atoms with van der Waals surface area (Å²) in [6.45, 7) is 0.808. The summed E-state index contributed by atoms with van der Waals surface area (Å²) in [5.41, 5.74) is 0. The van der Waals surface area contributed by atoms with Gasteiger partial charge in [0.05, 0.1) is 7.11 Å². The number of esters is 1. The van der Waals surface area contributed by atoms with Crippen molar-refractivity contribution in [3.05, 3.63) is 5.01 Å². The summed E-state index contributed by atoms with van der Waals surface area (Å²) >= 11 is 1.34. The zero-order chi connectivity index (χ0) is 14.8. The number of rotatable bonds is 9. The van der Waals surface area contributed by atoms with Crippen molar-refractivity contribution in [1.82, 2.24) is 15.5 Å². The topological polar surface area (TPSA) is 93.2 Å². The number of aryl methyl sites for hydroxylation is 1. The molecule has 1 rings (SSSR count). The third-order valence-corrected chi connectivity index (χ3v) is 3.44. The standard InChI is InChI=1S/C12H20N4O3S/c1-13-8-4-5-9(17)14-12-16-15-10(20-12)6-3-7-11(18)19-2/h13H,3-8H2,1-2H3,(H,14,16,17). The van der Waals surface area contributed by atoms with E-state index in [0.29, 0.717) is 30.8 Å². The number of hydrogen-bond acceptors (Lipinski definition) is 7. The zero-order valence-electron chi connectivity index (χ0n) is 11.8. The van der Waals surface area contributed by atoms with Crippen molar-refractivity contribution in [2.75, 3.05) is 26.0 Å². The molecule has 0 spiro atoms. The van der Waals surface area contributed by atoms with Crippen LogP contribution in [0.1, 0.15) is 30.7 Å². The van der Waals surface area contributed by atoms with Crippen LogP contribution in [0, 0.1) is 0 Å². The normalized spacial score (nSPS) is 10.3. The van der Waals surface area contributed by atoms with Crippen LogP contribution in [0.4, 0.5) is 5.13 Å². The van der Waals surface area contributed by atoms with Gasteiger partial charge in [0.25, 0.3) is 0 Å². The number of methoxy groups -OCH3 is 1. The zero-order valence-corrected chi connectivity index (χ0v) is 12.6. The summed E-state index contributed by atoms with van der Waals surface area (Å²) in [4.78, 5) is 22.5. The van der Waals surface area contributed by atoms with Crippen molar-refractivity contribution in [3.63, 3.8) is 0 Å². The Balaban J connectivity index is 2.28. The molecule has 0 aliphatic rings. The first-order valence-electron chi connectivity index (χ1n) is 6.49. The minimum atomic E-state index is -0.229. The van der Waals surface area contributed by atoms with Crippen LogP contribution in [0.25, 0.3) is 0 Å². The Morgan fingerprint density at radius 3 is 2.75 bits per heavy atom. The van der Waals surface area contributed by atoms with Gasteiger partial charge >= 0.3 is 5.97 Å². The van der Waals surface area contributed by atoms with Crippen LogP contribution in [0.5, 0.6) is 0 Å². The fourth-order valence-electron chi connectivity index (χ4n) is 1.50. The number of nitrogens with zero attached hydrogens (tertiary/aromatic N) is 2. The largest absolute Gasteiger partial charge is 0.469 e. The number of aromatic nitrogens is 2. The number of carbonyl (C=O) groups is 2. The molecule has 1 heterocycles. The number of amides is 1. The summed E-state index contributed by atoms with van der Waals surface area (Å²) in [5.74, 6) is -0.287. The Hall–Kier alpha value is -1.54. The van der Waals surface area contributed by atoms with E-state index in [9.17, 15) is 9.59 Å². The third kappa shape index (κ3) is 6.58. The van der Waals surface area contributed by atoms with Gasteiger partial charge < -0.3 is 15.4 Å². The van der Waals surface area contributed by atoms with Crippen molar-refractivity contribution in [2.24, 2.45) is 0 Å².